The molecule has 1 aromatic heterocycles. The first-order valence-electron chi connectivity index (χ1n) is 7.36. The third-order valence-corrected chi connectivity index (χ3v) is 3.79. The maximum absolute atomic E-state index is 12.0. The third-order valence-electron chi connectivity index (χ3n) is 3.14. The van der Waals surface area contributed by atoms with E-state index in [2.05, 4.69) is 10.3 Å². The highest BCUT2D eigenvalue weighted by Crippen LogP contribution is 2.21. The molecule has 0 radical (unpaired) electrons. The highest BCUT2D eigenvalue weighted by atomic mass is 35.5. The van der Waals surface area contributed by atoms with E-state index in [0.29, 0.717) is 21.6 Å². The maximum Gasteiger partial charge on any atom is 0.344 e. The molecule has 25 heavy (non-hydrogen) atoms. The number of nitrogens with one attached hydrogen (secondary N) is 1. The number of carbonyl (C=O) groups is 2. The molecule has 0 spiro atoms. The first-order valence-corrected chi connectivity index (χ1v) is 8.11. The minimum atomic E-state index is -1.000. The van der Waals surface area contributed by atoms with Crippen LogP contribution in [0, 0.1) is 6.92 Å². The highest BCUT2D eigenvalue weighted by Gasteiger charge is 2.18. The van der Waals surface area contributed by atoms with E-state index in [1.807, 2.05) is 6.92 Å². The quantitative estimate of drug-likeness (QED) is 0.771. The van der Waals surface area contributed by atoms with Gasteiger partial charge in [-0.25, -0.2) is 9.78 Å². The molecule has 2 rings (SSSR count). The second kappa shape index (κ2) is 8.69. The van der Waals surface area contributed by atoms with Crippen molar-refractivity contribution in [2.24, 2.45) is 0 Å². The molecule has 132 valence electrons. The van der Waals surface area contributed by atoms with Crippen LogP contribution in [-0.4, -0.2) is 29.6 Å². The molecule has 0 aliphatic heterocycles. The monoisotopic (exact) mass is 382 g/mol. The van der Waals surface area contributed by atoms with E-state index >= 15 is 0 Å². The van der Waals surface area contributed by atoms with Gasteiger partial charge in [-0.05, 0) is 49.7 Å². The molecule has 0 bridgehead atoms. The van der Waals surface area contributed by atoms with Gasteiger partial charge in [-0.15, -0.1) is 0 Å². The van der Waals surface area contributed by atoms with Gasteiger partial charge < -0.3 is 14.8 Å². The number of halogens is 2. The fourth-order valence-electron chi connectivity index (χ4n) is 1.81. The van der Waals surface area contributed by atoms with Gasteiger partial charge in [0.05, 0.1) is 5.02 Å². The molecule has 0 saturated heterocycles. The number of aromatic nitrogens is 1. The van der Waals surface area contributed by atoms with Crippen molar-refractivity contribution in [3.8, 4) is 5.75 Å². The number of nitrogens with zero attached hydrogens (tertiary/aromatic N) is 1. The average Bonchev–Trinajstić information content (AvgIpc) is 2.58. The lowest BCUT2D eigenvalue weighted by Gasteiger charge is -2.13. The summed E-state index contributed by atoms with van der Waals surface area (Å²) in [6, 6.07) is 8.15. The summed E-state index contributed by atoms with van der Waals surface area (Å²) in [6.45, 7) is 2.96. The molecular formula is C17H16Cl2N2O4. The molecule has 1 N–H and O–H groups in total. The zero-order valence-electron chi connectivity index (χ0n) is 13.6. The van der Waals surface area contributed by atoms with Crippen LogP contribution >= 0.6 is 23.2 Å². The number of rotatable bonds is 6. The van der Waals surface area contributed by atoms with Crippen molar-refractivity contribution in [1.29, 1.82) is 0 Å². The predicted octanol–water partition coefficient (Wildman–Crippen LogP) is 3.65. The van der Waals surface area contributed by atoms with Crippen LogP contribution in [0.2, 0.25) is 10.0 Å². The normalized spacial score (nSPS) is 11.5. The number of aryl methyl sites for hydroxylation is 1. The second-order valence-corrected chi connectivity index (χ2v) is 6.03. The first-order chi connectivity index (χ1) is 11.8. The number of carbonyl (C=O) groups excluding carboxylic acids is 2. The van der Waals surface area contributed by atoms with Crippen LogP contribution in [-0.2, 0) is 14.3 Å². The summed E-state index contributed by atoms with van der Waals surface area (Å²) >= 11 is 11.6. The van der Waals surface area contributed by atoms with Crippen LogP contribution in [0.15, 0.2) is 36.5 Å². The van der Waals surface area contributed by atoms with Crippen LogP contribution in [0.1, 0.15) is 12.5 Å². The number of hydrogen-bond acceptors (Lipinski definition) is 5. The van der Waals surface area contributed by atoms with Gasteiger partial charge in [-0.1, -0.05) is 23.2 Å². The minimum absolute atomic E-state index is 0.310. The Balaban J connectivity index is 1.81. The predicted molar refractivity (Wildman–Crippen MR) is 95.1 cm³/mol. The lowest BCUT2D eigenvalue weighted by molar-refractivity contribution is -0.155. The van der Waals surface area contributed by atoms with Gasteiger partial charge in [0.2, 0.25) is 0 Å². The zero-order chi connectivity index (χ0) is 18.4. The fourth-order valence-corrected chi connectivity index (χ4v) is 2.04. The van der Waals surface area contributed by atoms with Gasteiger partial charge in [0.25, 0.3) is 5.91 Å². The van der Waals surface area contributed by atoms with Crippen molar-refractivity contribution in [1.82, 2.24) is 4.98 Å². The number of esters is 1. The van der Waals surface area contributed by atoms with Gasteiger partial charge in [-0.3, -0.25) is 4.79 Å². The van der Waals surface area contributed by atoms with E-state index in [9.17, 15) is 9.59 Å². The number of benzene rings is 1. The number of anilines is 1. The minimum Gasteiger partial charge on any atom is -0.482 e. The SMILES string of the molecule is Cc1cc(OCC(=O)O[C@@H](C)C(=O)Nc2ccc(Cl)cn2)ccc1Cl. The van der Waals surface area contributed by atoms with Crippen LogP contribution < -0.4 is 10.1 Å². The Bertz CT molecular complexity index is 766. The maximum atomic E-state index is 12.0. The Morgan fingerprint density at radius 1 is 1.24 bits per heavy atom. The van der Waals surface area contributed by atoms with Gasteiger partial charge in [0.15, 0.2) is 12.7 Å². The van der Waals surface area contributed by atoms with E-state index < -0.39 is 18.0 Å². The summed E-state index contributed by atoms with van der Waals surface area (Å²) in [5, 5.41) is 3.58. The Hall–Kier alpha value is -2.31. The molecule has 6 nitrogen and oxygen atoms in total. The largest absolute Gasteiger partial charge is 0.482 e. The van der Waals surface area contributed by atoms with E-state index in [1.54, 1.807) is 30.3 Å². The van der Waals surface area contributed by atoms with E-state index in [4.69, 9.17) is 32.7 Å². The third kappa shape index (κ3) is 5.92. The Morgan fingerprint density at radius 3 is 2.64 bits per heavy atom. The van der Waals surface area contributed by atoms with Gasteiger partial charge >= 0.3 is 5.97 Å². The van der Waals surface area contributed by atoms with Gasteiger partial charge in [-0.2, -0.15) is 0 Å². The molecule has 0 aliphatic rings. The van der Waals surface area contributed by atoms with Crippen molar-refractivity contribution in [2.75, 3.05) is 11.9 Å². The van der Waals surface area contributed by atoms with Crippen LogP contribution in [0.4, 0.5) is 5.82 Å². The summed E-state index contributed by atoms with van der Waals surface area (Å²) in [4.78, 5) is 27.7. The lowest BCUT2D eigenvalue weighted by Crippen LogP contribution is -2.31. The number of hydrogen-bond donors (Lipinski definition) is 1. The van der Waals surface area contributed by atoms with Gasteiger partial charge in [0.1, 0.15) is 11.6 Å². The molecule has 0 aliphatic carbocycles. The second-order valence-electron chi connectivity index (χ2n) is 5.18. The Kier molecular flexibility index (Phi) is 6.61. The molecule has 1 atom stereocenters. The molecule has 8 heteroatoms. The number of pyridine rings is 1. The van der Waals surface area contributed by atoms with Crippen molar-refractivity contribution < 1.29 is 19.1 Å². The smallest absolute Gasteiger partial charge is 0.344 e. The Labute approximate surface area is 155 Å². The molecule has 2 aromatic rings. The van der Waals surface area contributed by atoms with E-state index in [1.165, 1.54) is 13.1 Å². The van der Waals surface area contributed by atoms with Crippen molar-refractivity contribution >= 4 is 40.9 Å². The average molecular weight is 383 g/mol. The highest BCUT2D eigenvalue weighted by molar-refractivity contribution is 6.31. The molecule has 0 unspecified atom stereocenters. The summed E-state index contributed by atoms with van der Waals surface area (Å²) in [5.41, 5.74) is 0.829. The number of ether oxygens (including phenoxy) is 2. The zero-order valence-corrected chi connectivity index (χ0v) is 15.1. The molecule has 1 amide bonds. The summed E-state index contributed by atoms with van der Waals surface area (Å²) < 4.78 is 10.4. The van der Waals surface area contributed by atoms with Crippen molar-refractivity contribution in [3.05, 3.63) is 52.1 Å². The van der Waals surface area contributed by atoms with E-state index in [0.717, 1.165) is 5.56 Å². The first kappa shape index (κ1) is 19.0. The molecule has 0 fully saturated rings. The summed E-state index contributed by atoms with van der Waals surface area (Å²) in [5.74, 6) is -0.378. The van der Waals surface area contributed by atoms with Crippen LogP contribution in [0.3, 0.4) is 0 Å². The Morgan fingerprint density at radius 2 is 2.00 bits per heavy atom. The van der Waals surface area contributed by atoms with Crippen molar-refractivity contribution in [3.63, 3.8) is 0 Å². The van der Waals surface area contributed by atoms with E-state index in [-0.39, 0.29) is 6.61 Å². The molecule has 0 saturated carbocycles. The lowest BCUT2D eigenvalue weighted by atomic mass is 10.2. The van der Waals surface area contributed by atoms with Gasteiger partial charge in [0, 0.05) is 11.2 Å². The van der Waals surface area contributed by atoms with Crippen molar-refractivity contribution in [2.45, 2.75) is 20.0 Å². The summed E-state index contributed by atoms with van der Waals surface area (Å²) in [6.07, 6.45) is 0.399. The molecule has 1 heterocycles. The molecule has 1 aromatic carbocycles. The van der Waals surface area contributed by atoms with Crippen LogP contribution in [0.5, 0.6) is 5.75 Å². The molecular weight excluding hydrogens is 367 g/mol. The topological polar surface area (TPSA) is 77.5 Å². The summed E-state index contributed by atoms with van der Waals surface area (Å²) in [7, 11) is 0. The van der Waals surface area contributed by atoms with Crippen LogP contribution in [0.25, 0.3) is 0 Å². The fraction of sp³-hybridized carbons (Fsp3) is 0.235. The number of amides is 1. The standard InChI is InChI=1S/C17H16Cl2N2O4/c1-10-7-13(4-5-14(10)19)24-9-16(22)25-11(2)17(23)21-15-6-3-12(18)8-20-15/h3-8,11H,9H2,1-2H3,(H,20,21,23)/t11-/m0/s1.